The van der Waals surface area contributed by atoms with Crippen molar-refractivity contribution >= 4 is 10.0 Å². The van der Waals surface area contributed by atoms with Gasteiger partial charge in [0.15, 0.2) is 0 Å². The first-order chi connectivity index (χ1) is 11.4. The lowest BCUT2D eigenvalue weighted by atomic mass is 10.2. The first-order valence-corrected chi connectivity index (χ1v) is 9.40. The Labute approximate surface area is 139 Å². The molecule has 1 aliphatic carbocycles. The van der Waals surface area contributed by atoms with Crippen molar-refractivity contribution in [3.8, 4) is 0 Å². The number of benzene rings is 1. The number of sulfonamides is 1. The van der Waals surface area contributed by atoms with Gasteiger partial charge in [0.1, 0.15) is 5.82 Å². The van der Waals surface area contributed by atoms with Gasteiger partial charge in [-0.3, -0.25) is 4.79 Å². The van der Waals surface area contributed by atoms with Gasteiger partial charge >= 0.3 is 0 Å². The van der Waals surface area contributed by atoms with Crippen LogP contribution in [0.5, 0.6) is 0 Å². The lowest BCUT2D eigenvalue weighted by molar-refractivity contribution is 0.541. The van der Waals surface area contributed by atoms with Crippen LogP contribution in [0.4, 0.5) is 4.39 Å². The third-order valence-corrected chi connectivity index (χ3v) is 5.30. The number of aryl methyl sites for hydroxylation is 2. The molecular formula is C16H18FN3O3S. The summed E-state index contributed by atoms with van der Waals surface area (Å²) in [4.78, 5) is 11.9. The first-order valence-electron chi connectivity index (χ1n) is 7.75. The molecule has 3 rings (SSSR count). The number of nitrogens with one attached hydrogen (secondary N) is 1. The third-order valence-electron chi connectivity index (χ3n) is 3.94. The lowest BCUT2D eigenvalue weighted by Gasteiger charge is -2.09. The summed E-state index contributed by atoms with van der Waals surface area (Å²) in [5, 5.41) is 4.29. The Morgan fingerprint density at radius 1 is 1.21 bits per heavy atom. The van der Waals surface area contributed by atoms with Gasteiger partial charge in [-0.1, -0.05) is 12.1 Å². The van der Waals surface area contributed by atoms with Crippen molar-refractivity contribution in [2.45, 2.75) is 31.6 Å². The molecular weight excluding hydrogens is 333 g/mol. The largest absolute Gasteiger partial charge is 0.268 e. The van der Waals surface area contributed by atoms with Crippen molar-refractivity contribution in [3.63, 3.8) is 0 Å². The molecule has 0 amide bonds. The molecule has 0 unspecified atom stereocenters. The smallest absolute Gasteiger partial charge is 0.267 e. The van der Waals surface area contributed by atoms with Crippen LogP contribution in [-0.4, -0.2) is 24.7 Å². The van der Waals surface area contributed by atoms with Crippen LogP contribution in [0, 0.1) is 5.82 Å². The molecule has 1 heterocycles. The highest BCUT2D eigenvalue weighted by Crippen LogP contribution is 2.16. The molecule has 0 radical (unpaired) electrons. The highest BCUT2D eigenvalue weighted by atomic mass is 32.2. The average molecular weight is 351 g/mol. The zero-order valence-corrected chi connectivity index (χ0v) is 13.9. The zero-order chi connectivity index (χ0) is 17.2. The van der Waals surface area contributed by atoms with Crippen molar-refractivity contribution in [1.29, 1.82) is 0 Å². The monoisotopic (exact) mass is 351 g/mol. The summed E-state index contributed by atoms with van der Waals surface area (Å²) in [6.07, 6.45) is 2.73. The number of nitrogens with zero attached hydrogens (tertiary/aromatic N) is 2. The summed E-state index contributed by atoms with van der Waals surface area (Å²) in [7, 11) is -3.56. The van der Waals surface area contributed by atoms with Crippen LogP contribution in [0.15, 0.2) is 35.1 Å². The average Bonchev–Trinajstić information content (AvgIpc) is 2.96. The van der Waals surface area contributed by atoms with Gasteiger partial charge in [0.2, 0.25) is 10.0 Å². The van der Waals surface area contributed by atoms with Crippen LogP contribution in [0.3, 0.4) is 0 Å². The molecule has 128 valence electrons. The summed E-state index contributed by atoms with van der Waals surface area (Å²) >= 11 is 0. The number of rotatable bonds is 6. The predicted molar refractivity (Wildman–Crippen MR) is 87.5 cm³/mol. The first kappa shape index (κ1) is 16.8. The van der Waals surface area contributed by atoms with E-state index in [1.807, 2.05) is 0 Å². The lowest BCUT2D eigenvalue weighted by Crippen LogP contribution is -2.33. The van der Waals surface area contributed by atoms with Crippen molar-refractivity contribution in [2.24, 2.45) is 0 Å². The van der Waals surface area contributed by atoms with Gasteiger partial charge in [-0.05, 0) is 42.5 Å². The molecule has 8 heteroatoms. The number of hydrogen-bond acceptors (Lipinski definition) is 4. The van der Waals surface area contributed by atoms with E-state index in [2.05, 4.69) is 9.82 Å². The van der Waals surface area contributed by atoms with Gasteiger partial charge in [-0.15, -0.1) is 0 Å². The fraction of sp³-hybridized carbons (Fsp3) is 0.375. The maximum absolute atomic E-state index is 12.8. The summed E-state index contributed by atoms with van der Waals surface area (Å²) in [5.41, 5.74) is 2.20. The summed E-state index contributed by atoms with van der Waals surface area (Å²) in [6.45, 7) is 0.254. The molecule has 0 fully saturated rings. The molecule has 1 aromatic heterocycles. The van der Waals surface area contributed by atoms with E-state index in [0.29, 0.717) is 5.56 Å². The summed E-state index contributed by atoms with van der Waals surface area (Å²) in [6, 6.07) is 6.89. The molecule has 0 spiro atoms. The Bertz CT molecular complexity index is 892. The van der Waals surface area contributed by atoms with Crippen molar-refractivity contribution in [3.05, 3.63) is 63.3 Å². The second kappa shape index (κ2) is 6.82. The molecule has 1 N–H and O–H groups in total. The molecule has 0 saturated heterocycles. The third kappa shape index (κ3) is 4.07. The van der Waals surface area contributed by atoms with Crippen LogP contribution in [0.1, 0.15) is 23.2 Å². The van der Waals surface area contributed by atoms with Gasteiger partial charge in [0.05, 0.1) is 18.0 Å². The Morgan fingerprint density at radius 3 is 2.71 bits per heavy atom. The molecule has 6 nitrogen and oxygen atoms in total. The topological polar surface area (TPSA) is 81.1 Å². The van der Waals surface area contributed by atoms with Crippen molar-refractivity contribution in [1.82, 2.24) is 14.5 Å². The number of aromatic nitrogens is 2. The van der Waals surface area contributed by atoms with Gasteiger partial charge in [0.25, 0.3) is 5.56 Å². The van der Waals surface area contributed by atoms with E-state index in [-0.39, 0.29) is 24.4 Å². The predicted octanol–water partition coefficient (Wildman–Crippen LogP) is 0.991. The van der Waals surface area contributed by atoms with Crippen LogP contribution in [-0.2, 0) is 35.2 Å². The summed E-state index contributed by atoms with van der Waals surface area (Å²) in [5.74, 6) is -0.647. The van der Waals surface area contributed by atoms with E-state index in [0.717, 1.165) is 30.5 Å². The second-order valence-corrected chi connectivity index (χ2v) is 7.62. The molecule has 0 aliphatic heterocycles. The standard InChI is InChI=1S/C16H18FN3O3S/c17-14-6-4-12(5-7-14)11-24(22,23)18-8-9-20-16(21)10-13-2-1-3-15(13)19-20/h4-7,10,18H,1-3,8-9,11H2. The van der Waals surface area contributed by atoms with Crippen molar-refractivity contribution in [2.75, 3.05) is 6.54 Å². The highest BCUT2D eigenvalue weighted by molar-refractivity contribution is 7.88. The molecule has 1 aliphatic rings. The number of fused-ring (bicyclic) bond motifs is 1. The quantitative estimate of drug-likeness (QED) is 0.842. The minimum atomic E-state index is -3.56. The Hall–Kier alpha value is -2.06. The zero-order valence-electron chi connectivity index (χ0n) is 13.0. The van der Waals surface area contributed by atoms with Crippen LogP contribution >= 0.6 is 0 Å². The van der Waals surface area contributed by atoms with E-state index in [1.54, 1.807) is 6.07 Å². The van der Waals surface area contributed by atoms with Crippen molar-refractivity contribution < 1.29 is 12.8 Å². The normalized spacial score (nSPS) is 13.9. The molecule has 0 bridgehead atoms. The fourth-order valence-electron chi connectivity index (χ4n) is 2.76. The van der Waals surface area contributed by atoms with E-state index in [1.165, 1.54) is 28.9 Å². The van der Waals surface area contributed by atoms with Gasteiger partial charge in [-0.2, -0.15) is 5.10 Å². The highest BCUT2D eigenvalue weighted by Gasteiger charge is 2.15. The second-order valence-electron chi connectivity index (χ2n) is 5.81. The molecule has 1 aromatic carbocycles. The van der Waals surface area contributed by atoms with Crippen LogP contribution in [0.2, 0.25) is 0 Å². The van der Waals surface area contributed by atoms with Crippen LogP contribution < -0.4 is 10.3 Å². The maximum atomic E-state index is 12.8. The van der Waals surface area contributed by atoms with Gasteiger partial charge in [0, 0.05) is 12.6 Å². The molecule has 2 aromatic rings. The summed E-state index contributed by atoms with van der Waals surface area (Å²) < 4.78 is 40.6. The minimum Gasteiger partial charge on any atom is -0.268 e. The van der Waals surface area contributed by atoms with Crippen LogP contribution in [0.25, 0.3) is 0 Å². The van der Waals surface area contributed by atoms with E-state index < -0.39 is 15.8 Å². The maximum Gasteiger partial charge on any atom is 0.267 e. The Balaban J connectivity index is 1.59. The van der Waals surface area contributed by atoms with E-state index in [9.17, 15) is 17.6 Å². The fourth-order valence-corrected chi connectivity index (χ4v) is 3.89. The number of halogens is 1. The molecule has 0 atom stereocenters. The van der Waals surface area contributed by atoms with E-state index >= 15 is 0 Å². The Kier molecular flexibility index (Phi) is 4.77. The minimum absolute atomic E-state index is 0.0786. The van der Waals surface area contributed by atoms with E-state index in [4.69, 9.17) is 0 Å². The van der Waals surface area contributed by atoms with Gasteiger partial charge < -0.3 is 0 Å². The number of hydrogen-bond donors (Lipinski definition) is 1. The van der Waals surface area contributed by atoms with Gasteiger partial charge in [-0.25, -0.2) is 22.2 Å². The molecule has 0 saturated carbocycles. The SMILES string of the molecule is O=c1cc2c(nn1CCNS(=O)(=O)Cc1ccc(F)cc1)CCC2. The Morgan fingerprint density at radius 2 is 1.96 bits per heavy atom. The molecule has 24 heavy (non-hydrogen) atoms.